The molecule has 3 N–H and O–H groups in total. The van der Waals surface area contributed by atoms with Crippen LogP contribution in [-0.2, 0) is 0 Å². The molecule has 5 nitrogen and oxygen atoms in total. The Kier molecular flexibility index (Phi) is 3.08. The lowest BCUT2D eigenvalue weighted by Crippen LogP contribution is -2.35. The lowest BCUT2D eigenvalue weighted by molar-refractivity contribution is 0.548. The standard InChI is InChI=1S/C10H19N5/c1-2-8-6-4-3-5-7-15(8)10-12-9(11)13-14-10/h8H,2-7H2,1H3,(H3,11,12,13,14). The molecule has 0 bridgehead atoms. The smallest absolute Gasteiger partial charge is 0.246 e. The Hall–Kier alpha value is -1.26. The average Bonchev–Trinajstić information content (AvgIpc) is 2.54. The molecule has 1 aliphatic rings. The average molecular weight is 209 g/mol. The second kappa shape index (κ2) is 4.51. The van der Waals surface area contributed by atoms with E-state index in [1.807, 2.05) is 0 Å². The molecule has 0 radical (unpaired) electrons. The number of nitrogens with one attached hydrogen (secondary N) is 1. The highest BCUT2D eigenvalue weighted by Crippen LogP contribution is 2.23. The maximum absolute atomic E-state index is 5.56. The zero-order valence-electron chi connectivity index (χ0n) is 9.24. The molecule has 0 aliphatic carbocycles. The Morgan fingerprint density at radius 1 is 1.47 bits per heavy atom. The summed E-state index contributed by atoms with van der Waals surface area (Å²) in [6.07, 6.45) is 6.24. The number of aromatic amines is 1. The van der Waals surface area contributed by atoms with Gasteiger partial charge in [-0.15, -0.1) is 5.10 Å². The van der Waals surface area contributed by atoms with Gasteiger partial charge in [-0.2, -0.15) is 4.98 Å². The van der Waals surface area contributed by atoms with E-state index < -0.39 is 0 Å². The van der Waals surface area contributed by atoms with Crippen LogP contribution in [-0.4, -0.2) is 27.8 Å². The Labute approximate surface area is 90.1 Å². The minimum Gasteiger partial charge on any atom is -0.368 e. The number of rotatable bonds is 2. The first-order valence-corrected chi connectivity index (χ1v) is 5.75. The van der Waals surface area contributed by atoms with E-state index >= 15 is 0 Å². The van der Waals surface area contributed by atoms with Crippen LogP contribution in [0.3, 0.4) is 0 Å². The lowest BCUT2D eigenvalue weighted by Gasteiger charge is -2.27. The predicted octanol–water partition coefficient (Wildman–Crippen LogP) is 1.55. The van der Waals surface area contributed by atoms with Crippen LogP contribution in [0.5, 0.6) is 0 Å². The molecule has 1 aromatic rings. The number of hydrogen-bond donors (Lipinski definition) is 2. The van der Waals surface area contributed by atoms with Crippen LogP contribution in [0.4, 0.5) is 11.9 Å². The van der Waals surface area contributed by atoms with Crippen LogP contribution in [0.2, 0.25) is 0 Å². The summed E-state index contributed by atoms with van der Waals surface area (Å²) < 4.78 is 0. The number of hydrogen-bond acceptors (Lipinski definition) is 4. The third kappa shape index (κ3) is 2.22. The van der Waals surface area contributed by atoms with Gasteiger partial charge in [-0.1, -0.05) is 19.8 Å². The van der Waals surface area contributed by atoms with Crippen molar-refractivity contribution in [3.8, 4) is 0 Å². The van der Waals surface area contributed by atoms with Gasteiger partial charge < -0.3 is 10.6 Å². The van der Waals surface area contributed by atoms with Crippen LogP contribution in [0.1, 0.15) is 39.0 Å². The number of nitrogens with zero attached hydrogens (tertiary/aromatic N) is 3. The van der Waals surface area contributed by atoms with Gasteiger partial charge in [0.25, 0.3) is 0 Å². The SMILES string of the molecule is CCC1CCCCCN1c1n[nH]c(N)n1. The van der Waals surface area contributed by atoms with Gasteiger partial charge >= 0.3 is 0 Å². The molecule has 0 aromatic carbocycles. The number of nitrogen functional groups attached to an aromatic ring is 1. The molecule has 1 unspecified atom stereocenters. The second-order valence-corrected chi connectivity index (χ2v) is 4.13. The summed E-state index contributed by atoms with van der Waals surface area (Å²) in [5.74, 6) is 1.17. The summed E-state index contributed by atoms with van der Waals surface area (Å²) in [6, 6.07) is 0.572. The first-order valence-electron chi connectivity index (χ1n) is 5.75. The predicted molar refractivity (Wildman–Crippen MR) is 60.7 cm³/mol. The quantitative estimate of drug-likeness (QED) is 0.775. The molecule has 0 spiro atoms. The molecule has 5 heteroatoms. The topological polar surface area (TPSA) is 70.8 Å². The van der Waals surface area contributed by atoms with E-state index in [4.69, 9.17) is 5.73 Å². The van der Waals surface area contributed by atoms with Gasteiger partial charge in [-0.3, -0.25) is 0 Å². The van der Waals surface area contributed by atoms with E-state index in [9.17, 15) is 0 Å². The largest absolute Gasteiger partial charge is 0.368 e. The van der Waals surface area contributed by atoms with Crippen molar-refractivity contribution < 1.29 is 0 Å². The molecule has 1 aliphatic heterocycles. The fourth-order valence-corrected chi connectivity index (χ4v) is 2.26. The van der Waals surface area contributed by atoms with Crippen LogP contribution in [0.15, 0.2) is 0 Å². The van der Waals surface area contributed by atoms with Gasteiger partial charge in [0, 0.05) is 12.6 Å². The van der Waals surface area contributed by atoms with Crippen LogP contribution < -0.4 is 10.6 Å². The van der Waals surface area contributed by atoms with E-state index in [0.717, 1.165) is 18.9 Å². The third-order valence-corrected chi connectivity index (χ3v) is 3.10. The van der Waals surface area contributed by atoms with Crippen molar-refractivity contribution >= 4 is 11.9 Å². The van der Waals surface area contributed by atoms with Gasteiger partial charge in [0.1, 0.15) is 0 Å². The summed E-state index contributed by atoms with van der Waals surface area (Å²) in [6.45, 7) is 3.27. The summed E-state index contributed by atoms with van der Waals surface area (Å²) in [5, 5.41) is 6.85. The Balaban J connectivity index is 2.16. The van der Waals surface area contributed by atoms with Gasteiger partial charge in [0.2, 0.25) is 11.9 Å². The van der Waals surface area contributed by atoms with Crippen LogP contribution >= 0.6 is 0 Å². The molecule has 84 valence electrons. The van der Waals surface area contributed by atoms with E-state index in [1.54, 1.807) is 0 Å². The van der Waals surface area contributed by atoms with Crippen molar-refractivity contribution in [3.05, 3.63) is 0 Å². The Morgan fingerprint density at radius 2 is 2.33 bits per heavy atom. The molecular weight excluding hydrogens is 190 g/mol. The Bertz CT molecular complexity index is 309. The summed E-state index contributed by atoms with van der Waals surface area (Å²) in [5.41, 5.74) is 5.56. The Morgan fingerprint density at radius 3 is 3.00 bits per heavy atom. The highest BCUT2D eigenvalue weighted by molar-refractivity contribution is 5.35. The monoisotopic (exact) mass is 209 g/mol. The van der Waals surface area contributed by atoms with E-state index in [2.05, 4.69) is 27.0 Å². The molecule has 2 rings (SSSR count). The maximum atomic E-state index is 5.56. The number of nitrogens with two attached hydrogens (primary N) is 1. The van der Waals surface area contributed by atoms with Crippen molar-refractivity contribution in [1.29, 1.82) is 0 Å². The minimum absolute atomic E-state index is 0.407. The summed E-state index contributed by atoms with van der Waals surface area (Å²) in [4.78, 5) is 6.50. The fourth-order valence-electron chi connectivity index (χ4n) is 2.26. The lowest BCUT2D eigenvalue weighted by atomic mass is 10.1. The molecule has 1 aromatic heterocycles. The second-order valence-electron chi connectivity index (χ2n) is 4.13. The molecule has 1 fully saturated rings. The van der Waals surface area contributed by atoms with Crippen molar-refractivity contribution in [1.82, 2.24) is 15.2 Å². The van der Waals surface area contributed by atoms with Crippen molar-refractivity contribution in [2.24, 2.45) is 0 Å². The highest BCUT2D eigenvalue weighted by Gasteiger charge is 2.22. The van der Waals surface area contributed by atoms with Gasteiger partial charge in [-0.05, 0) is 19.3 Å². The normalized spacial score (nSPS) is 22.7. The maximum Gasteiger partial charge on any atom is 0.246 e. The first-order chi connectivity index (χ1) is 7.31. The zero-order chi connectivity index (χ0) is 10.7. The number of anilines is 2. The van der Waals surface area contributed by atoms with E-state index in [-0.39, 0.29) is 0 Å². The van der Waals surface area contributed by atoms with Gasteiger partial charge in [0.15, 0.2) is 0 Å². The first kappa shape index (κ1) is 10.3. The molecule has 2 heterocycles. The van der Waals surface area contributed by atoms with Crippen LogP contribution in [0.25, 0.3) is 0 Å². The van der Waals surface area contributed by atoms with Gasteiger partial charge in [0.05, 0.1) is 0 Å². The van der Waals surface area contributed by atoms with Crippen molar-refractivity contribution in [3.63, 3.8) is 0 Å². The number of aromatic nitrogens is 3. The van der Waals surface area contributed by atoms with Crippen molar-refractivity contribution in [2.45, 2.75) is 45.1 Å². The van der Waals surface area contributed by atoms with Gasteiger partial charge in [-0.25, -0.2) is 5.10 Å². The molecule has 15 heavy (non-hydrogen) atoms. The molecule has 0 saturated carbocycles. The number of H-pyrrole nitrogens is 1. The van der Waals surface area contributed by atoms with Crippen molar-refractivity contribution in [2.75, 3.05) is 17.2 Å². The third-order valence-electron chi connectivity index (χ3n) is 3.10. The molecule has 1 atom stereocenters. The summed E-state index contributed by atoms with van der Waals surface area (Å²) in [7, 11) is 0. The van der Waals surface area contributed by atoms with E-state index in [0.29, 0.717) is 12.0 Å². The fraction of sp³-hybridized carbons (Fsp3) is 0.800. The van der Waals surface area contributed by atoms with E-state index in [1.165, 1.54) is 25.7 Å². The molecule has 0 amide bonds. The summed E-state index contributed by atoms with van der Waals surface area (Å²) >= 11 is 0. The minimum atomic E-state index is 0.407. The van der Waals surface area contributed by atoms with Crippen LogP contribution in [0, 0.1) is 0 Å². The highest BCUT2D eigenvalue weighted by atomic mass is 15.4. The molecule has 1 saturated heterocycles. The molecular formula is C10H19N5. The zero-order valence-corrected chi connectivity index (χ0v) is 9.24.